The van der Waals surface area contributed by atoms with Crippen molar-refractivity contribution in [3.63, 3.8) is 0 Å². The average Bonchev–Trinajstić information content (AvgIpc) is 3.42. The predicted octanol–water partition coefficient (Wildman–Crippen LogP) is 4.97. The van der Waals surface area contributed by atoms with Crippen LogP contribution in [0.4, 0.5) is 11.5 Å². The van der Waals surface area contributed by atoms with Crippen LogP contribution in [-0.2, 0) is 11.2 Å². The summed E-state index contributed by atoms with van der Waals surface area (Å²) in [5.74, 6) is 1.27. The third-order valence-corrected chi connectivity index (χ3v) is 6.77. The molecule has 7 nitrogen and oxygen atoms in total. The summed E-state index contributed by atoms with van der Waals surface area (Å²) in [5, 5.41) is 8.22. The van der Waals surface area contributed by atoms with Crippen LogP contribution in [0.3, 0.4) is 0 Å². The van der Waals surface area contributed by atoms with Crippen LogP contribution in [0, 0.1) is 0 Å². The van der Waals surface area contributed by atoms with Gasteiger partial charge >= 0.3 is 0 Å². The molecule has 0 saturated heterocycles. The van der Waals surface area contributed by atoms with E-state index < -0.39 is 0 Å². The molecule has 1 aliphatic carbocycles. The van der Waals surface area contributed by atoms with E-state index in [1.807, 2.05) is 84.7 Å². The maximum atomic E-state index is 12.7. The summed E-state index contributed by atoms with van der Waals surface area (Å²) in [5.41, 5.74) is 2.38. The second-order valence-electron chi connectivity index (χ2n) is 9.63. The van der Waals surface area contributed by atoms with Gasteiger partial charge in [-0.25, -0.2) is 9.97 Å². The average molecular weight is 494 g/mol. The van der Waals surface area contributed by atoms with Gasteiger partial charge in [0, 0.05) is 37.0 Å². The Morgan fingerprint density at radius 3 is 2.49 bits per heavy atom. The summed E-state index contributed by atoms with van der Waals surface area (Å²) in [4.78, 5) is 36.0. The monoisotopic (exact) mass is 493 g/mol. The Kier molecular flexibility index (Phi) is 7.40. The van der Waals surface area contributed by atoms with Gasteiger partial charge in [-0.1, -0.05) is 55.3 Å². The van der Waals surface area contributed by atoms with Crippen LogP contribution in [-0.4, -0.2) is 41.4 Å². The lowest BCUT2D eigenvalue weighted by Gasteiger charge is -2.20. The van der Waals surface area contributed by atoms with Gasteiger partial charge in [-0.15, -0.1) is 0 Å². The number of hydrogen-bond acceptors (Lipinski definition) is 5. The van der Waals surface area contributed by atoms with Gasteiger partial charge in [0.15, 0.2) is 0 Å². The normalized spacial score (nSPS) is 13.4. The minimum atomic E-state index is -0.144. The van der Waals surface area contributed by atoms with Gasteiger partial charge < -0.3 is 15.5 Å². The van der Waals surface area contributed by atoms with Crippen LogP contribution in [0.1, 0.15) is 47.4 Å². The van der Waals surface area contributed by atoms with E-state index in [4.69, 9.17) is 0 Å². The molecule has 0 aliphatic heterocycles. The van der Waals surface area contributed by atoms with Crippen molar-refractivity contribution in [3.05, 3.63) is 95.9 Å². The van der Waals surface area contributed by atoms with Crippen LogP contribution in [0.15, 0.2) is 79.0 Å². The molecule has 2 amide bonds. The zero-order valence-electron chi connectivity index (χ0n) is 21.0. The number of amides is 2. The summed E-state index contributed by atoms with van der Waals surface area (Å²) in [6, 6.07) is 23.5. The Morgan fingerprint density at radius 2 is 1.70 bits per heavy atom. The number of anilines is 2. The zero-order chi connectivity index (χ0) is 25.6. The van der Waals surface area contributed by atoms with Crippen LogP contribution in [0.25, 0.3) is 10.8 Å². The maximum absolute atomic E-state index is 12.7. The number of carbonyl (C=O) groups is 2. The Labute approximate surface area is 216 Å². The Bertz CT molecular complexity index is 1400. The molecule has 4 aromatic rings. The number of nitrogens with one attached hydrogen (secondary N) is 2. The number of hydrogen-bond donors (Lipinski definition) is 2. The van der Waals surface area contributed by atoms with Crippen molar-refractivity contribution < 1.29 is 9.59 Å². The maximum Gasteiger partial charge on any atom is 0.255 e. The second-order valence-corrected chi connectivity index (χ2v) is 9.63. The Hall–Kier alpha value is -4.26. The lowest BCUT2D eigenvalue weighted by molar-refractivity contribution is -0.120. The smallest absolute Gasteiger partial charge is 0.255 e. The second kappa shape index (κ2) is 11.2. The Morgan fingerprint density at radius 1 is 0.946 bits per heavy atom. The molecule has 1 aliphatic rings. The summed E-state index contributed by atoms with van der Waals surface area (Å²) >= 11 is 0. The van der Waals surface area contributed by atoms with E-state index in [2.05, 4.69) is 20.6 Å². The number of rotatable bonds is 8. The van der Waals surface area contributed by atoms with Crippen molar-refractivity contribution in [2.45, 2.75) is 38.1 Å². The molecule has 5 rings (SSSR count). The van der Waals surface area contributed by atoms with E-state index >= 15 is 0 Å². The molecule has 0 radical (unpaired) electrons. The van der Waals surface area contributed by atoms with Gasteiger partial charge in [-0.3, -0.25) is 9.59 Å². The molecule has 1 heterocycles. The first kappa shape index (κ1) is 24.4. The van der Waals surface area contributed by atoms with E-state index in [0.717, 1.165) is 34.9 Å². The van der Waals surface area contributed by atoms with Crippen LogP contribution in [0.5, 0.6) is 0 Å². The van der Waals surface area contributed by atoms with Gasteiger partial charge in [0.1, 0.15) is 11.6 Å². The van der Waals surface area contributed by atoms with E-state index in [-0.39, 0.29) is 18.4 Å². The highest BCUT2D eigenvalue weighted by molar-refractivity contribution is 6.06. The third-order valence-electron chi connectivity index (χ3n) is 6.77. The first-order chi connectivity index (χ1) is 18.0. The van der Waals surface area contributed by atoms with Gasteiger partial charge in [-0.2, -0.15) is 0 Å². The first-order valence-electron chi connectivity index (χ1n) is 12.7. The van der Waals surface area contributed by atoms with Crippen molar-refractivity contribution in [2.24, 2.45) is 0 Å². The molecule has 2 N–H and O–H groups in total. The summed E-state index contributed by atoms with van der Waals surface area (Å²) in [6.07, 6.45) is 6.79. The SMILES string of the molecule is CN(CC(=O)NC1CCCC1)c1ccnc(Cc2ccc(NC(=O)c3ccc4ccccc4c3)cc2)n1. The molecule has 1 fully saturated rings. The summed E-state index contributed by atoms with van der Waals surface area (Å²) in [7, 11) is 1.87. The molecule has 1 saturated carbocycles. The van der Waals surface area contributed by atoms with Crippen molar-refractivity contribution in [2.75, 3.05) is 23.8 Å². The molecular formula is C30H31N5O2. The van der Waals surface area contributed by atoms with Crippen LogP contribution < -0.4 is 15.5 Å². The number of carbonyl (C=O) groups excluding carboxylic acids is 2. The largest absolute Gasteiger partial charge is 0.352 e. The van der Waals surface area contributed by atoms with Crippen LogP contribution >= 0.6 is 0 Å². The fourth-order valence-electron chi connectivity index (χ4n) is 4.75. The highest BCUT2D eigenvalue weighted by atomic mass is 16.2. The number of nitrogens with zero attached hydrogens (tertiary/aromatic N) is 3. The molecule has 1 aromatic heterocycles. The quantitative estimate of drug-likeness (QED) is 0.362. The topological polar surface area (TPSA) is 87.2 Å². The fraction of sp³-hybridized carbons (Fsp3) is 0.267. The van der Waals surface area contributed by atoms with Gasteiger partial charge in [0.05, 0.1) is 6.54 Å². The van der Waals surface area contributed by atoms with E-state index in [1.165, 1.54) is 12.8 Å². The third kappa shape index (κ3) is 6.30. The zero-order valence-corrected chi connectivity index (χ0v) is 21.0. The van der Waals surface area contributed by atoms with Crippen LogP contribution in [0.2, 0.25) is 0 Å². The van der Waals surface area contributed by atoms with Crippen molar-refractivity contribution in [1.82, 2.24) is 15.3 Å². The molecule has 0 unspecified atom stereocenters. The van der Waals surface area contributed by atoms with Gasteiger partial charge in [-0.05, 0) is 59.5 Å². The number of aromatic nitrogens is 2. The lowest BCUT2D eigenvalue weighted by atomic mass is 10.1. The molecular weight excluding hydrogens is 462 g/mol. The predicted molar refractivity (Wildman–Crippen MR) is 147 cm³/mol. The first-order valence-corrected chi connectivity index (χ1v) is 12.7. The molecule has 37 heavy (non-hydrogen) atoms. The molecule has 7 heteroatoms. The van der Waals surface area contributed by atoms with Crippen molar-refractivity contribution in [3.8, 4) is 0 Å². The van der Waals surface area contributed by atoms with Gasteiger partial charge in [0.25, 0.3) is 5.91 Å². The molecule has 0 bridgehead atoms. The molecule has 3 aromatic carbocycles. The van der Waals surface area contributed by atoms with E-state index in [0.29, 0.717) is 29.7 Å². The standard InChI is InChI=1S/C30H31N5O2/c1-35(20-29(36)32-25-8-4-5-9-25)28-16-17-31-27(34-28)18-21-10-14-26(15-11-21)33-30(37)24-13-12-22-6-2-3-7-23(22)19-24/h2-3,6-7,10-17,19,25H,4-5,8-9,18,20H2,1H3,(H,32,36)(H,33,37). The van der Waals surface area contributed by atoms with E-state index in [9.17, 15) is 9.59 Å². The molecule has 0 spiro atoms. The minimum absolute atomic E-state index is 0.0240. The Balaban J connectivity index is 1.17. The summed E-state index contributed by atoms with van der Waals surface area (Å²) < 4.78 is 0. The van der Waals surface area contributed by atoms with E-state index in [1.54, 1.807) is 6.20 Å². The number of benzene rings is 3. The highest BCUT2D eigenvalue weighted by Crippen LogP contribution is 2.19. The van der Waals surface area contributed by atoms with Crippen molar-refractivity contribution >= 4 is 34.1 Å². The van der Waals surface area contributed by atoms with Crippen molar-refractivity contribution in [1.29, 1.82) is 0 Å². The number of fused-ring (bicyclic) bond motifs is 1. The minimum Gasteiger partial charge on any atom is -0.352 e. The lowest BCUT2D eigenvalue weighted by Crippen LogP contribution is -2.40. The number of likely N-dealkylation sites (N-methyl/N-ethyl adjacent to an activating group) is 1. The molecule has 0 atom stereocenters. The molecule has 188 valence electrons. The highest BCUT2D eigenvalue weighted by Gasteiger charge is 2.18. The van der Waals surface area contributed by atoms with Gasteiger partial charge in [0.2, 0.25) is 5.91 Å². The summed E-state index contributed by atoms with van der Waals surface area (Å²) in [6.45, 7) is 0.262. The fourth-order valence-corrected chi connectivity index (χ4v) is 4.75.